The van der Waals surface area contributed by atoms with Crippen LogP contribution >= 0.6 is 0 Å². The summed E-state index contributed by atoms with van der Waals surface area (Å²) in [5.41, 5.74) is 0.442. The molecule has 1 saturated carbocycles. The molecule has 1 fully saturated rings. The smallest absolute Gasteiger partial charge is 0.251 e. The van der Waals surface area contributed by atoms with Crippen LogP contribution in [-0.2, 0) is 10.0 Å². The SMILES string of the molecule is CC1(C)CC1NC(=O)c1cccc(S(N)(=O)=O)c1. The molecule has 6 heteroatoms. The normalized spacial score (nSPS) is 21.4. The van der Waals surface area contributed by atoms with Gasteiger partial charge >= 0.3 is 0 Å². The van der Waals surface area contributed by atoms with Crippen LogP contribution in [0.15, 0.2) is 29.2 Å². The minimum atomic E-state index is -3.77. The number of rotatable bonds is 3. The fourth-order valence-corrected chi connectivity index (χ4v) is 2.33. The summed E-state index contributed by atoms with van der Waals surface area (Å²) in [5, 5.41) is 7.89. The summed E-state index contributed by atoms with van der Waals surface area (Å²) >= 11 is 0. The quantitative estimate of drug-likeness (QED) is 0.852. The van der Waals surface area contributed by atoms with Crippen molar-refractivity contribution in [3.63, 3.8) is 0 Å². The zero-order chi connectivity index (χ0) is 13.6. The summed E-state index contributed by atoms with van der Waals surface area (Å²) in [7, 11) is -3.77. The summed E-state index contributed by atoms with van der Waals surface area (Å²) in [4.78, 5) is 11.9. The lowest BCUT2D eigenvalue weighted by Crippen LogP contribution is -2.28. The van der Waals surface area contributed by atoms with E-state index in [4.69, 9.17) is 5.14 Å². The second-order valence-electron chi connectivity index (χ2n) is 5.29. The van der Waals surface area contributed by atoms with Gasteiger partial charge in [0.25, 0.3) is 5.91 Å². The average molecular weight is 268 g/mol. The van der Waals surface area contributed by atoms with Gasteiger partial charge < -0.3 is 5.32 Å². The molecule has 98 valence electrons. The number of carbonyl (C=O) groups excluding carboxylic acids is 1. The Bertz CT molecular complexity index is 593. The van der Waals surface area contributed by atoms with Gasteiger partial charge in [-0.25, -0.2) is 13.6 Å². The maximum absolute atomic E-state index is 11.9. The molecule has 3 N–H and O–H groups in total. The number of nitrogens with one attached hydrogen (secondary N) is 1. The summed E-state index contributed by atoms with van der Waals surface area (Å²) in [6.45, 7) is 4.14. The number of sulfonamides is 1. The Labute approximate surface area is 106 Å². The molecular formula is C12H16N2O3S. The van der Waals surface area contributed by atoms with Crippen LogP contribution in [0.1, 0.15) is 30.6 Å². The Balaban J connectivity index is 2.17. The van der Waals surface area contributed by atoms with Crippen molar-refractivity contribution in [1.29, 1.82) is 0 Å². The van der Waals surface area contributed by atoms with Gasteiger partial charge in [-0.1, -0.05) is 19.9 Å². The van der Waals surface area contributed by atoms with E-state index in [0.29, 0.717) is 5.56 Å². The molecule has 0 heterocycles. The van der Waals surface area contributed by atoms with E-state index >= 15 is 0 Å². The second kappa shape index (κ2) is 4.07. The van der Waals surface area contributed by atoms with Crippen LogP contribution in [0.3, 0.4) is 0 Å². The van der Waals surface area contributed by atoms with Crippen molar-refractivity contribution in [3.8, 4) is 0 Å². The van der Waals surface area contributed by atoms with Crippen LogP contribution in [0, 0.1) is 5.41 Å². The first-order valence-corrected chi connectivity index (χ1v) is 7.18. The molecule has 18 heavy (non-hydrogen) atoms. The van der Waals surface area contributed by atoms with Crippen LogP contribution in [-0.4, -0.2) is 20.4 Å². The predicted molar refractivity (Wildman–Crippen MR) is 67.5 cm³/mol. The van der Waals surface area contributed by atoms with Gasteiger partial charge in [0.15, 0.2) is 0 Å². The molecule has 0 bridgehead atoms. The summed E-state index contributed by atoms with van der Waals surface area (Å²) in [6.07, 6.45) is 0.938. The van der Waals surface area contributed by atoms with E-state index in [2.05, 4.69) is 19.2 Å². The molecule has 0 spiro atoms. The molecule has 0 saturated heterocycles. The van der Waals surface area contributed by atoms with Crippen molar-refractivity contribution in [2.24, 2.45) is 10.6 Å². The fourth-order valence-electron chi connectivity index (χ4n) is 1.77. The largest absolute Gasteiger partial charge is 0.349 e. The monoisotopic (exact) mass is 268 g/mol. The van der Waals surface area contributed by atoms with Crippen molar-refractivity contribution < 1.29 is 13.2 Å². The Morgan fingerprint density at radius 2 is 2.06 bits per heavy atom. The van der Waals surface area contributed by atoms with Gasteiger partial charge in [0.05, 0.1) is 4.90 Å². The van der Waals surface area contributed by atoms with Crippen molar-refractivity contribution in [1.82, 2.24) is 5.32 Å². The lowest BCUT2D eigenvalue weighted by molar-refractivity contribution is 0.0946. The number of hydrogen-bond acceptors (Lipinski definition) is 3. The molecule has 1 amide bonds. The van der Waals surface area contributed by atoms with Crippen molar-refractivity contribution in [2.45, 2.75) is 31.2 Å². The van der Waals surface area contributed by atoms with E-state index in [1.54, 1.807) is 6.07 Å². The molecule has 0 aliphatic heterocycles. The van der Waals surface area contributed by atoms with Crippen molar-refractivity contribution >= 4 is 15.9 Å². The van der Waals surface area contributed by atoms with Crippen molar-refractivity contribution in [2.75, 3.05) is 0 Å². The van der Waals surface area contributed by atoms with Gasteiger partial charge in [-0.2, -0.15) is 0 Å². The van der Waals surface area contributed by atoms with Crippen LogP contribution in [0.4, 0.5) is 0 Å². The number of hydrogen-bond donors (Lipinski definition) is 2. The van der Waals surface area contributed by atoms with E-state index in [1.165, 1.54) is 18.2 Å². The zero-order valence-corrected chi connectivity index (χ0v) is 11.1. The highest BCUT2D eigenvalue weighted by Crippen LogP contribution is 2.44. The molecule has 0 aromatic heterocycles. The Morgan fingerprint density at radius 3 is 2.56 bits per heavy atom. The molecule has 1 aromatic carbocycles. The molecule has 0 radical (unpaired) electrons. The summed E-state index contributed by atoms with van der Waals surface area (Å²) in [6, 6.07) is 5.89. The number of benzene rings is 1. The molecule has 1 aromatic rings. The van der Waals surface area contributed by atoms with E-state index in [1.807, 2.05) is 0 Å². The van der Waals surface area contributed by atoms with Gasteiger partial charge in [-0.15, -0.1) is 0 Å². The molecule has 1 aliphatic carbocycles. The Morgan fingerprint density at radius 1 is 1.44 bits per heavy atom. The third kappa shape index (κ3) is 2.70. The Hall–Kier alpha value is -1.40. The number of nitrogens with two attached hydrogens (primary N) is 1. The first-order chi connectivity index (χ1) is 8.20. The average Bonchev–Trinajstić information content (AvgIpc) is 2.85. The van der Waals surface area contributed by atoms with E-state index in [0.717, 1.165) is 6.42 Å². The van der Waals surface area contributed by atoms with E-state index < -0.39 is 10.0 Å². The minimum Gasteiger partial charge on any atom is -0.349 e. The van der Waals surface area contributed by atoms with Gasteiger partial charge in [-0.3, -0.25) is 4.79 Å². The molecule has 5 nitrogen and oxygen atoms in total. The Kier molecular flexibility index (Phi) is 2.95. The third-order valence-corrected chi connectivity index (χ3v) is 4.15. The second-order valence-corrected chi connectivity index (χ2v) is 6.85. The maximum Gasteiger partial charge on any atom is 0.251 e. The van der Waals surface area contributed by atoms with Crippen LogP contribution in [0.2, 0.25) is 0 Å². The number of carbonyl (C=O) groups is 1. The number of primary sulfonamides is 1. The number of amides is 1. The fraction of sp³-hybridized carbons (Fsp3) is 0.417. The van der Waals surface area contributed by atoms with Gasteiger partial charge in [0.1, 0.15) is 0 Å². The highest BCUT2D eigenvalue weighted by atomic mass is 32.2. The molecule has 1 unspecified atom stereocenters. The molecule has 1 atom stereocenters. The maximum atomic E-state index is 11.9. The standard InChI is InChI=1S/C12H16N2O3S/c1-12(2)7-10(12)14-11(15)8-4-3-5-9(6-8)18(13,16)17/h3-6,10H,7H2,1-2H3,(H,14,15)(H2,13,16,17). The van der Waals surface area contributed by atoms with Gasteiger partial charge in [0.2, 0.25) is 10.0 Å². The first kappa shape index (κ1) is 13.0. The third-order valence-electron chi connectivity index (χ3n) is 3.24. The summed E-state index contributed by atoms with van der Waals surface area (Å²) < 4.78 is 22.4. The molecule has 1 aliphatic rings. The van der Waals surface area contributed by atoms with Crippen LogP contribution in [0.25, 0.3) is 0 Å². The van der Waals surface area contributed by atoms with Gasteiger partial charge in [0, 0.05) is 11.6 Å². The summed E-state index contributed by atoms with van der Waals surface area (Å²) in [5.74, 6) is -0.268. The first-order valence-electron chi connectivity index (χ1n) is 5.64. The highest BCUT2D eigenvalue weighted by molar-refractivity contribution is 7.89. The predicted octanol–water partition coefficient (Wildman–Crippen LogP) is 0.862. The topological polar surface area (TPSA) is 89.3 Å². The molecular weight excluding hydrogens is 252 g/mol. The minimum absolute atomic E-state index is 0.0507. The zero-order valence-electron chi connectivity index (χ0n) is 10.3. The van der Waals surface area contributed by atoms with Crippen molar-refractivity contribution in [3.05, 3.63) is 29.8 Å². The van der Waals surface area contributed by atoms with Crippen LogP contribution < -0.4 is 10.5 Å². The lowest BCUT2D eigenvalue weighted by atomic mass is 10.1. The lowest BCUT2D eigenvalue weighted by Gasteiger charge is -2.07. The highest BCUT2D eigenvalue weighted by Gasteiger charge is 2.46. The molecule has 2 rings (SSSR count). The van der Waals surface area contributed by atoms with E-state index in [-0.39, 0.29) is 22.3 Å². The van der Waals surface area contributed by atoms with Gasteiger partial charge in [-0.05, 0) is 30.0 Å². The van der Waals surface area contributed by atoms with Crippen LogP contribution in [0.5, 0.6) is 0 Å². The van der Waals surface area contributed by atoms with E-state index in [9.17, 15) is 13.2 Å².